The molecule has 23 heavy (non-hydrogen) atoms. The van der Waals surface area contributed by atoms with Crippen LogP contribution in [0.3, 0.4) is 0 Å². The summed E-state index contributed by atoms with van der Waals surface area (Å²) in [5.74, 6) is 0. The van der Waals surface area contributed by atoms with Crippen LogP contribution in [-0.2, 0) is 6.54 Å². The normalized spacial score (nSPS) is 12.7. The topological polar surface area (TPSA) is 41.9 Å². The van der Waals surface area contributed by atoms with Gasteiger partial charge in [-0.2, -0.15) is 5.10 Å². The molecule has 1 atom stereocenters. The van der Waals surface area contributed by atoms with E-state index in [4.69, 9.17) is 23.8 Å². The van der Waals surface area contributed by atoms with Gasteiger partial charge in [-0.3, -0.25) is 4.68 Å². The van der Waals surface area contributed by atoms with Gasteiger partial charge in [-0.15, -0.1) is 0 Å². The van der Waals surface area contributed by atoms with Crippen LogP contribution < -0.4 is 10.6 Å². The quantitative estimate of drug-likeness (QED) is 0.710. The number of anilines is 1. The molecule has 2 aromatic rings. The highest BCUT2D eigenvalue weighted by atomic mass is 79.9. The van der Waals surface area contributed by atoms with Crippen molar-refractivity contribution in [1.82, 2.24) is 15.1 Å². The molecule has 7 heteroatoms. The summed E-state index contributed by atoms with van der Waals surface area (Å²) in [7, 11) is 0. The molecule has 2 N–H and O–H groups in total. The van der Waals surface area contributed by atoms with Crippen LogP contribution in [0.25, 0.3) is 0 Å². The van der Waals surface area contributed by atoms with Crippen molar-refractivity contribution in [3.05, 3.63) is 46.2 Å². The summed E-state index contributed by atoms with van der Waals surface area (Å²) in [6.45, 7) is 7.24. The third-order valence-corrected chi connectivity index (χ3v) is 4.48. The van der Waals surface area contributed by atoms with Gasteiger partial charge in [0.15, 0.2) is 5.11 Å². The Labute approximate surface area is 155 Å². The fraction of sp³-hybridized carbons (Fsp3) is 0.375. The van der Waals surface area contributed by atoms with Crippen LogP contribution in [-0.4, -0.2) is 20.9 Å². The van der Waals surface area contributed by atoms with E-state index in [1.54, 1.807) is 6.20 Å². The molecule has 2 rings (SSSR count). The zero-order chi connectivity index (χ0) is 17.0. The fourth-order valence-electron chi connectivity index (χ4n) is 2.04. The number of halogens is 2. The van der Waals surface area contributed by atoms with Crippen molar-refractivity contribution < 1.29 is 0 Å². The molecule has 0 fully saturated rings. The van der Waals surface area contributed by atoms with Crippen LogP contribution in [0.2, 0.25) is 5.02 Å². The first-order valence-corrected chi connectivity index (χ1v) is 8.83. The molecule has 0 bridgehead atoms. The third kappa shape index (κ3) is 5.48. The minimum absolute atomic E-state index is 0.0151. The number of nitrogens with zero attached hydrogens (tertiary/aromatic N) is 2. The van der Waals surface area contributed by atoms with E-state index >= 15 is 0 Å². The fourth-order valence-corrected chi connectivity index (χ4v) is 3.01. The van der Waals surface area contributed by atoms with Gasteiger partial charge < -0.3 is 10.6 Å². The smallest absolute Gasteiger partial charge is 0.171 e. The largest absolute Gasteiger partial charge is 0.357 e. The van der Waals surface area contributed by atoms with Gasteiger partial charge in [0.1, 0.15) is 0 Å². The Morgan fingerprint density at radius 2 is 2.17 bits per heavy atom. The van der Waals surface area contributed by atoms with Crippen LogP contribution in [0.4, 0.5) is 5.69 Å². The SMILES string of the molecule is CC(C)(C)C(Cn1cccn1)NC(=S)Nc1ccc(Br)cc1Cl. The highest BCUT2D eigenvalue weighted by molar-refractivity contribution is 9.10. The summed E-state index contributed by atoms with van der Waals surface area (Å²) in [6, 6.07) is 7.67. The van der Waals surface area contributed by atoms with E-state index in [1.165, 1.54) is 0 Å². The first kappa shape index (κ1) is 18.2. The summed E-state index contributed by atoms with van der Waals surface area (Å²) in [6.07, 6.45) is 3.72. The van der Waals surface area contributed by atoms with Crippen molar-refractivity contribution in [3.8, 4) is 0 Å². The minimum atomic E-state index is 0.0151. The van der Waals surface area contributed by atoms with Gasteiger partial charge in [-0.05, 0) is 41.9 Å². The molecule has 1 heterocycles. The zero-order valence-corrected chi connectivity index (χ0v) is 16.5. The van der Waals surface area contributed by atoms with Gasteiger partial charge >= 0.3 is 0 Å². The van der Waals surface area contributed by atoms with E-state index in [0.29, 0.717) is 10.1 Å². The van der Waals surface area contributed by atoms with Crippen molar-refractivity contribution in [2.75, 3.05) is 5.32 Å². The molecule has 0 amide bonds. The van der Waals surface area contributed by atoms with Gasteiger partial charge in [0.25, 0.3) is 0 Å². The average molecular weight is 416 g/mol. The van der Waals surface area contributed by atoms with Gasteiger partial charge in [-0.1, -0.05) is 48.3 Å². The monoisotopic (exact) mass is 414 g/mol. The number of thiocarbonyl (C=S) groups is 1. The van der Waals surface area contributed by atoms with E-state index in [-0.39, 0.29) is 11.5 Å². The predicted molar refractivity (Wildman–Crippen MR) is 104 cm³/mol. The summed E-state index contributed by atoms with van der Waals surface area (Å²) in [5.41, 5.74) is 0.792. The Morgan fingerprint density at radius 1 is 1.43 bits per heavy atom. The van der Waals surface area contributed by atoms with E-state index in [2.05, 4.69) is 52.4 Å². The van der Waals surface area contributed by atoms with Crippen molar-refractivity contribution >= 4 is 50.5 Å². The molecule has 0 aliphatic carbocycles. The van der Waals surface area contributed by atoms with Crippen LogP contribution in [0.15, 0.2) is 41.1 Å². The molecular formula is C16H20BrClN4S. The maximum Gasteiger partial charge on any atom is 0.171 e. The first-order chi connectivity index (χ1) is 10.8. The Morgan fingerprint density at radius 3 is 2.74 bits per heavy atom. The van der Waals surface area contributed by atoms with E-state index < -0.39 is 0 Å². The number of hydrogen-bond donors (Lipinski definition) is 2. The van der Waals surface area contributed by atoms with Crippen LogP contribution in [0, 0.1) is 5.41 Å². The molecule has 0 aliphatic heterocycles. The predicted octanol–water partition coefficient (Wildman–Crippen LogP) is 4.70. The zero-order valence-electron chi connectivity index (χ0n) is 13.3. The number of nitrogens with one attached hydrogen (secondary N) is 2. The molecule has 1 aromatic heterocycles. The van der Waals surface area contributed by atoms with Gasteiger partial charge in [-0.25, -0.2) is 0 Å². The van der Waals surface area contributed by atoms with Crippen molar-refractivity contribution in [2.45, 2.75) is 33.4 Å². The number of rotatable bonds is 4. The molecule has 4 nitrogen and oxygen atoms in total. The van der Waals surface area contributed by atoms with Crippen LogP contribution in [0.1, 0.15) is 20.8 Å². The molecule has 0 saturated carbocycles. The number of benzene rings is 1. The summed E-state index contributed by atoms with van der Waals surface area (Å²) < 4.78 is 2.83. The highest BCUT2D eigenvalue weighted by Gasteiger charge is 2.26. The standard InChI is InChI=1S/C16H20BrClN4S/c1-16(2,3)14(10-22-8-4-7-19-22)21-15(23)20-13-6-5-11(17)9-12(13)18/h4-9,14H,10H2,1-3H3,(H2,20,21,23). The number of aromatic nitrogens is 2. The van der Waals surface area contributed by atoms with Crippen molar-refractivity contribution in [3.63, 3.8) is 0 Å². The maximum absolute atomic E-state index is 6.22. The second kappa shape index (κ2) is 7.64. The molecule has 1 aromatic carbocycles. The van der Waals surface area contributed by atoms with E-state index in [1.807, 2.05) is 35.1 Å². The molecular weight excluding hydrogens is 396 g/mol. The first-order valence-electron chi connectivity index (χ1n) is 7.26. The lowest BCUT2D eigenvalue weighted by Crippen LogP contribution is -2.48. The molecule has 124 valence electrons. The lowest BCUT2D eigenvalue weighted by molar-refractivity contribution is 0.262. The molecule has 0 saturated heterocycles. The molecule has 1 unspecified atom stereocenters. The summed E-state index contributed by atoms with van der Waals surface area (Å²) >= 11 is 15.1. The molecule has 0 radical (unpaired) electrons. The lowest BCUT2D eigenvalue weighted by Gasteiger charge is -2.32. The summed E-state index contributed by atoms with van der Waals surface area (Å²) in [4.78, 5) is 0. The summed E-state index contributed by atoms with van der Waals surface area (Å²) in [5, 5.41) is 12.0. The van der Waals surface area contributed by atoms with Crippen LogP contribution in [0.5, 0.6) is 0 Å². The Hall–Kier alpha value is -1.11. The van der Waals surface area contributed by atoms with Crippen LogP contribution >= 0.6 is 39.7 Å². The van der Waals surface area contributed by atoms with Crippen molar-refractivity contribution in [2.24, 2.45) is 5.41 Å². The van der Waals surface area contributed by atoms with E-state index in [9.17, 15) is 0 Å². The molecule has 0 spiro atoms. The highest BCUT2D eigenvalue weighted by Crippen LogP contribution is 2.26. The third-order valence-electron chi connectivity index (χ3n) is 3.46. The minimum Gasteiger partial charge on any atom is -0.357 e. The average Bonchev–Trinajstić information content (AvgIpc) is 2.93. The second-order valence-electron chi connectivity index (χ2n) is 6.37. The maximum atomic E-state index is 6.22. The Bertz CT molecular complexity index is 667. The Kier molecular flexibility index (Phi) is 6.06. The second-order valence-corrected chi connectivity index (χ2v) is 8.10. The Balaban J connectivity index is 2.05. The molecule has 0 aliphatic rings. The van der Waals surface area contributed by atoms with Gasteiger partial charge in [0, 0.05) is 16.9 Å². The lowest BCUT2D eigenvalue weighted by atomic mass is 9.87. The van der Waals surface area contributed by atoms with E-state index in [0.717, 1.165) is 16.7 Å². The van der Waals surface area contributed by atoms with Gasteiger partial charge in [0.2, 0.25) is 0 Å². The van der Waals surface area contributed by atoms with Crippen molar-refractivity contribution in [1.29, 1.82) is 0 Å². The van der Waals surface area contributed by atoms with Gasteiger partial charge in [0.05, 0.1) is 23.3 Å². The number of hydrogen-bond acceptors (Lipinski definition) is 2.